The second-order valence-corrected chi connectivity index (χ2v) is 3.93. The highest BCUT2D eigenvalue weighted by molar-refractivity contribution is 9.10. The van der Waals surface area contributed by atoms with Crippen LogP contribution in [0.1, 0.15) is 12.5 Å². The lowest BCUT2D eigenvalue weighted by Crippen LogP contribution is -2.41. The zero-order valence-electron chi connectivity index (χ0n) is 7.53. The van der Waals surface area contributed by atoms with Gasteiger partial charge in [-0.1, -0.05) is 28.1 Å². The number of aliphatic carboxylic acids is 1. The van der Waals surface area contributed by atoms with Gasteiger partial charge in [0, 0.05) is 4.47 Å². The first-order valence-electron chi connectivity index (χ1n) is 3.73. The predicted molar refractivity (Wildman–Crippen MR) is 60.6 cm³/mol. The van der Waals surface area contributed by atoms with E-state index < -0.39 is 11.5 Å². The van der Waals surface area contributed by atoms with Crippen LogP contribution < -0.4 is 5.73 Å². The van der Waals surface area contributed by atoms with Crippen molar-refractivity contribution in [2.45, 2.75) is 12.5 Å². The molecule has 0 heterocycles. The first-order chi connectivity index (χ1) is 5.94. The summed E-state index contributed by atoms with van der Waals surface area (Å²) in [5, 5.41) is 8.85. The first kappa shape index (κ1) is 13.4. The summed E-state index contributed by atoms with van der Waals surface area (Å²) in [5.41, 5.74) is 4.88. The summed E-state index contributed by atoms with van der Waals surface area (Å²) < 4.78 is 0.822. The Labute approximate surface area is 96.8 Å². The average Bonchev–Trinajstić information content (AvgIpc) is 2.04. The van der Waals surface area contributed by atoms with Crippen LogP contribution in [-0.4, -0.2) is 11.1 Å². The van der Waals surface area contributed by atoms with E-state index in [2.05, 4.69) is 15.9 Å². The smallest absolute Gasteiger partial charge is 0.328 e. The summed E-state index contributed by atoms with van der Waals surface area (Å²) in [5.74, 6) is -1.04. The number of carboxylic acids is 1. The van der Waals surface area contributed by atoms with Crippen LogP contribution in [0.3, 0.4) is 0 Å². The molecule has 0 saturated carbocycles. The number of carboxylic acid groups (broad SMARTS) is 1. The standard InChI is InChI=1S/C9H10BrNO2.ClH/c1-9(11,8(12)13)6-3-2-4-7(10)5-6;/h2-5H,11H2,1H3,(H,12,13);1H/t9-;/m0./s1. The number of benzene rings is 1. The van der Waals surface area contributed by atoms with Crippen LogP contribution in [0.4, 0.5) is 0 Å². The molecule has 5 heteroatoms. The fourth-order valence-corrected chi connectivity index (χ4v) is 1.33. The quantitative estimate of drug-likeness (QED) is 0.872. The van der Waals surface area contributed by atoms with Crippen LogP contribution in [0, 0.1) is 0 Å². The van der Waals surface area contributed by atoms with Crippen molar-refractivity contribution in [3.05, 3.63) is 34.3 Å². The van der Waals surface area contributed by atoms with Crippen molar-refractivity contribution < 1.29 is 9.90 Å². The van der Waals surface area contributed by atoms with Gasteiger partial charge >= 0.3 is 5.97 Å². The van der Waals surface area contributed by atoms with E-state index in [4.69, 9.17) is 10.8 Å². The SMILES string of the molecule is C[C@@](N)(C(=O)O)c1cccc(Br)c1.Cl. The molecule has 0 amide bonds. The molecule has 0 spiro atoms. The minimum absolute atomic E-state index is 0. The molecule has 1 aromatic rings. The Bertz CT molecular complexity index is 341. The Kier molecular flexibility index (Phi) is 4.58. The molecule has 0 aliphatic carbocycles. The zero-order chi connectivity index (χ0) is 10.1. The molecule has 0 saturated heterocycles. The van der Waals surface area contributed by atoms with Crippen molar-refractivity contribution >= 4 is 34.3 Å². The molecule has 0 aromatic heterocycles. The van der Waals surface area contributed by atoms with Crippen LogP contribution >= 0.6 is 28.3 Å². The third-order valence-corrected chi connectivity index (χ3v) is 2.36. The Morgan fingerprint density at radius 3 is 2.57 bits per heavy atom. The Morgan fingerprint density at radius 2 is 2.14 bits per heavy atom. The van der Waals surface area contributed by atoms with E-state index in [9.17, 15) is 4.79 Å². The number of rotatable bonds is 2. The second-order valence-electron chi connectivity index (χ2n) is 3.02. The van der Waals surface area contributed by atoms with E-state index in [0.29, 0.717) is 5.56 Å². The van der Waals surface area contributed by atoms with Crippen molar-refractivity contribution in [1.82, 2.24) is 0 Å². The van der Waals surface area contributed by atoms with Gasteiger partial charge in [0.15, 0.2) is 0 Å². The van der Waals surface area contributed by atoms with Gasteiger partial charge in [-0.2, -0.15) is 0 Å². The summed E-state index contributed by atoms with van der Waals surface area (Å²) >= 11 is 3.26. The number of hydrogen-bond acceptors (Lipinski definition) is 2. The first-order valence-corrected chi connectivity index (χ1v) is 4.52. The van der Waals surface area contributed by atoms with Crippen molar-refractivity contribution in [3.63, 3.8) is 0 Å². The van der Waals surface area contributed by atoms with Crippen molar-refractivity contribution in [1.29, 1.82) is 0 Å². The summed E-state index contributed by atoms with van der Waals surface area (Å²) in [6.07, 6.45) is 0. The van der Waals surface area contributed by atoms with E-state index in [-0.39, 0.29) is 12.4 Å². The van der Waals surface area contributed by atoms with Gasteiger partial charge in [-0.3, -0.25) is 0 Å². The topological polar surface area (TPSA) is 63.3 Å². The maximum atomic E-state index is 10.8. The molecule has 0 aliphatic heterocycles. The second kappa shape index (κ2) is 4.77. The molecule has 0 unspecified atom stereocenters. The number of hydrogen-bond donors (Lipinski definition) is 2. The van der Waals surface area contributed by atoms with Crippen LogP contribution in [0.15, 0.2) is 28.7 Å². The lowest BCUT2D eigenvalue weighted by Gasteiger charge is -2.19. The fourth-order valence-electron chi connectivity index (χ4n) is 0.935. The lowest BCUT2D eigenvalue weighted by molar-refractivity contribution is -0.143. The van der Waals surface area contributed by atoms with Crippen LogP contribution in [0.2, 0.25) is 0 Å². The number of nitrogens with two attached hydrogens (primary N) is 1. The minimum Gasteiger partial charge on any atom is -0.480 e. The van der Waals surface area contributed by atoms with E-state index in [1.54, 1.807) is 18.2 Å². The average molecular weight is 281 g/mol. The maximum Gasteiger partial charge on any atom is 0.328 e. The molecule has 1 rings (SSSR count). The zero-order valence-corrected chi connectivity index (χ0v) is 9.93. The van der Waals surface area contributed by atoms with Crippen LogP contribution in [-0.2, 0) is 10.3 Å². The van der Waals surface area contributed by atoms with Gasteiger partial charge in [0.1, 0.15) is 5.54 Å². The molecule has 78 valence electrons. The van der Waals surface area contributed by atoms with Gasteiger partial charge in [0.25, 0.3) is 0 Å². The Balaban J connectivity index is 0.00000169. The third-order valence-electron chi connectivity index (χ3n) is 1.87. The Hall–Kier alpha value is -0.580. The molecule has 0 bridgehead atoms. The van der Waals surface area contributed by atoms with Gasteiger partial charge in [-0.05, 0) is 24.6 Å². The van der Waals surface area contributed by atoms with Crippen LogP contribution in [0.5, 0.6) is 0 Å². The van der Waals surface area contributed by atoms with E-state index in [1.807, 2.05) is 6.07 Å². The molecule has 3 nitrogen and oxygen atoms in total. The molecule has 0 fully saturated rings. The largest absolute Gasteiger partial charge is 0.480 e. The molecular weight excluding hydrogens is 269 g/mol. The lowest BCUT2D eigenvalue weighted by atomic mass is 9.94. The highest BCUT2D eigenvalue weighted by atomic mass is 79.9. The molecule has 0 radical (unpaired) electrons. The van der Waals surface area contributed by atoms with Gasteiger partial charge in [0.2, 0.25) is 0 Å². The monoisotopic (exact) mass is 279 g/mol. The van der Waals surface area contributed by atoms with Gasteiger partial charge in [-0.25, -0.2) is 4.79 Å². The van der Waals surface area contributed by atoms with Gasteiger partial charge < -0.3 is 10.8 Å². The van der Waals surface area contributed by atoms with Gasteiger partial charge in [0.05, 0.1) is 0 Å². The third kappa shape index (κ3) is 2.70. The summed E-state index contributed by atoms with van der Waals surface area (Å²) in [6.45, 7) is 1.47. The van der Waals surface area contributed by atoms with E-state index >= 15 is 0 Å². The Morgan fingerprint density at radius 1 is 1.57 bits per heavy atom. The normalized spacial score (nSPS) is 13.9. The maximum absolute atomic E-state index is 10.8. The fraction of sp³-hybridized carbons (Fsp3) is 0.222. The number of carbonyl (C=O) groups is 1. The molecular formula is C9H11BrClNO2. The summed E-state index contributed by atoms with van der Waals surface area (Å²) in [6, 6.07) is 6.97. The van der Waals surface area contributed by atoms with Gasteiger partial charge in [-0.15, -0.1) is 12.4 Å². The highest BCUT2D eigenvalue weighted by Gasteiger charge is 2.29. The molecule has 1 aromatic carbocycles. The van der Waals surface area contributed by atoms with Crippen molar-refractivity contribution in [2.75, 3.05) is 0 Å². The summed E-state index contributed by atoms with van der Waals surface area (Å²) in [4.78, 5) is 10.8. The highest BCUT2D eigenvalue weighted by Crippen LogP contribution is 2.21. The molecule has 3 N–H and O–H groups in total. The van der Waals surface area contributed by atoms with E-state index in [1.165, 1.54) is 6.92 Å². The van der Waals surface area contributed by atoms with E-state index in [0.717, 1.165) is 4.47 Å². The van der Waals surface area contributed by atoms with Crippen LogP contribution in [0.25, 0.3) is 0 Å². The molecule has 0 aliphatic rings. The van der Waals surface area contributed by atoms with Crippen molar-refractivity contribution in [3.8, 4) is 0 Å². The predicted octanol–water partition coefficient (Wildman–Crippen LogP) is 2.13. The number of halogens is 2. The van der Waals surface area contributed by atoms with Crippen molar-refractivity contribution in [2.24, 2.45) is 5.73 Å². The molecule has 14 heavy (non-hydrogen) atoms. The molecule has 1 atom stereocenters. The minimum atomic E-state index is -1.33. The summed E-state index contributed by atoms with van der Waals surface area (Å²) in [7, 11) is 0.